The SMILES string of the molecule is CC(C)c1cccc(N2CCCNC(C(C)C)C2)c1. The highest BCUT2D eigenvalue weighted by molar-refractivity contribution is 5.49. The van der Waals surface area contributed by atoms with Gasteiger partial charge in [0, 0.05) is 24.8 Å². The number of hydrogen-bond donors (Lipinski definition) is 1. The zero-order valence-corrected chi connectivity index (χ0v) is 12.8. The van der Waals surface area contributed by atoms with E-state index in [1.54, 1.807) is 0 Å². The van der Waals surface area contributed by atoms with Crippen LogP contribution in [0.25, 0.3) is 0 Å². The van der Waals surface area contributed by atoms with Crippen LogP contribution in [0.15, 0.2) is 24.3 Å². The third-order valence-corrected chi connectivity index (χ3v) is 4.14. The number of benzene rings is 1. The van der Waals surface area contributed by atoms with Crippen molar-refractivity contribution in [2.24, 2.45) is 5.92 Å². The minimum absolute atomic E-state index is 0.602. The smallest absolute Gasteiger partial charge is 0.0369 e. The van der Waals surface area contributed by atoms with E-state index in [9.17, 15) is 0 Å². The highest BCUT2D eigenvalue weighted by Crippen LogP contribution is 2.23. The molecule has 0 amide bonds. The Morgan fingerprint density at radius 1 is 1.21 bits per heavy atom. The molecule has 1 aliphatic heterocycles. The van der Waals surface area contributed by atoms with Crippen LogP contribution in [0.1, 0.15) is 45.6 Å². The van der Waals surface area contributed by atoms with E-state index >= 15 is 0 Å². The van der Waals surface area contributed by atoms with Gasteiger partial charge in [-0.05, 0) is 42.5 Å². The van der Waals surface area contributed by atoms with Gasteiger partial charge in [0.2, 0.25) is 0 Å². The molecule has 106 valence electrons. The van der Waals surface area contributed by atoms with Crippen molar-refractivity contribution in [1.82, 2.24) is 5.32 Å². The molecule has 0 aromatic heterocycles. The fourth-order valence-electron chi connectivity index (χ4n) is 2.71. The van der Waals surface area contributed by atoms with Gasteiger partial charge >= 0.3 is 0 Å². The molecular weight excluding hydrogens is 232 g/mol. The van der Waals surface area contributed by atoms with Gasteiger partial charge in [0.05, 0.1) is 0 Å². The summed E-state index contributed by atoms with van der Waals surface area (Å²) in [5, 5.41) is 3.68. The summed E-state index contributed by atoms with van der Waals surface area (Å²) in [6.07, 6.45) is 1.23. The second-order valence-corrected chi connectivity index (χ2v) is 6.35. The maximum Gasteiger partial charge on any atom is 0.0369 e. The molecule has 2 heteroatoms. The van der Waals surface area contributed by atoms with Crippen LogP contribution in [0.2, 0.25) is 0 Å². The lowest BCUT2D eigenvalue weighted by atomic mass is 10.0. The molecule has 1 fully saturated rings. The molecule has 2 nitrogen and oxygen atoms in total. The zero-order chi connectivity index (χ0) is 13.8. The van der Waals surface area contributed by atoms with E-state index in [1.807, 2.05) is 0 Å². The maximum atomic E-state index is 3.68. The van der Waals surface area contributed by atoms with E-state index in [0.29, 0.717) is 17.9 Å². The van der Waals surface area contributed by atoms with Crippen LogP contribution in [0.3, 0.4) is 0 Å². The molecular formula is C17H28N2. The van der Waals surface area contributed by atoms with Gasteiger partial charge in [-0.25, -0.2) is 0 Å². The van der Waals surface area contributed by atoms with E-state index in [1.165, 1.54) is 17.7 Å². The lowest BCUT2D eigenvalue weighted by molar-refractivity contribution is 0.420. The molecule has 0 spiro atoms. The van der Waals surface area contributed by atoms with Crippen molar-refractivity contribution in [2.75, 3.05) is 24.5 Å². The highest BCUT2D eigenvalue weighted by atomic mass is 15.2. The first-order valence-corrected chi connectivity index (χ1v) is 7.66. The number of hydrogen-bond acceptors (Lipinski definition) is 2. The summed E-state index contributed by atoms with van der Waals surface area (Å²) in [6.45, 7) is 12.6. The van der Waals surface area contributed by atoms with Gasteiger partial charge in [-0.15, -0.1) is 0 Å². The second kappa shape index (κ2) is 6.42. The molecule has 1 saturated heterocycles. The molecule has 1 unspecified atom stereocenters. The molecule has 0 bridgehead atoms. The van der Waals surface area contributed by atoms with E-state index in [-0.39, 0.29) is 0 Å². The van der Waals surface area contributed by atoms with Crippen LogP contribution in [0.5, 0.6) is 0 Å². The van der Waals surface area contributed by atoms with Crippen LogP contribution in [-0.2, 0) is 0 Å². The van der Waals surface area contributed by atoms with Gasteiger partial charge in [-0.2, -0.15) is 0 Å². The maximum absolute atomic E-state index is 3.68. The topological polar surface area (TPSA) is 15.3 Å². The lowest BCUT2D eigenvalue weighted by Crippen LogP contribution is -2.41. The summed E-state index contributed by atoms with van der Waals surface area (Å²) in [4.78, 5) is 2.55. The Hall–Kier alpha value is -1.02. The van der Waals surface area contributed by atoms with E-state index < -0.39 is 0 Å². The van der Waals surface area contributed by atoms with Crippen molar-refractivity contribution in [1.29, 1.82) is 0 Å². The predicted molar refractivity (Wildman–Crippen MR) is 84.0 cm³/mol. The Balaban J connectivity index is 2.17. The van der Waals surface area contributed by atoms with Crippen LogP contribution < -0.4 is 10.2 Å². The standard InChI is InChI=1S/C17H28N2/c1-13(2)15-7-5-8-16(11-15)19-10-6-9-18-17(12-19)14(3)4/h5,7-8,11,13-14,17-18H,6,9-10,12H2,1-4H3. The van der Waals surface area contributed by atoms with Crippen molar-refractivity contribution < 1.29 is 0 Å². The van der Waals surface area contributed by atoms with Crippen molar-refractivity contribution >= 4 is 5.69 Å². The predicted octanol–water partition coefficient (Wildman–Crippen LogP) is 3.63. The first kappa shape index (κ1) is 14.4. The largest absolute Gasteiger partial charge is 0.370 e. The fourth-order valence-corrected chi connectivity index (χ4v) is 2.71. The molecule has 1 aromatic carbocycles. The van der Waals surface area contributed by atoms with Gasteiger partial charge in [0.25, 0.3) is 0 Å². The molecule has 0 aliphatic carbocycles. The zero-order valence-electron chi connectivity index (χ0n) is 12.8. The Morgan fingerprint density at radius 3 is 2.68 bits per heavy atom. The molecule has 1 atom stereocenters. The molecule has 1 N–H and O–H groups in total. The average Bonchev–Trinajstić information content (AvgIpc) is 2.64. The molecule has 2 rings (SSSR count). The van der Waals surface area contributed by atoms with Gasteiger partial charge < -0.3 is 10.2 Å². The number of nitrogens with one attached hydrogen (secondary N) is 1. The highest BCUT2D eigenvalue weighted by Gasteiger charge is 2.20. The van der Waals surface area contributed by atoms with Crippen molar-refractivity contribution in [3.8, 4) is 0 Å². The third kappa shape index (κ3) is 3.73. The molecule has 0 saturated carbocycles. The lowest BCUT2D eigenvalue weighted by Gasteiger charge is -2.29. The average molecular weight is 260 g/mol. The second-order valence-electron chi connectivity index (χ2n) is 6.35. The van der Waals surface area contributed by atoms with Crippen LogP contribution >= 0.6 is 0 Å². The monoisotopic (exact) mass is 260 g/mol. The first-order chi connectivity index (χ1) is 9.08. The summed E-state index contributed by atoms with van der Waals surface area (Å²) in [6, 6.07) is 9.67. The summed E-state index contributed by atoms with van der Waals surface area (Å²) < 4.78 is 0. The van der Waals surface area contributed by atoms with Gasteiger partial charge in [-0.3, -0.25) is 0 Å². The summed E-state index contributed by atoms with van der Waals surface area (Å²) >= 11 is 0. The quantitative estimate of drug-likeness (QED) is 0.892. The Morgan fingerprint density at radius 2 is 2.00 bits per heavy atom. The molecule has 1 heterocycles. The van der Waals surface area contributed by atoms with Crippen molar-refractivity contribution in [2.45, 2.75) is 46.1 Å². The summed E-state index contributed by atoms with van der Waals surface area (Å²) in [5.74, 6) is 1.29. The molecule has 1 aliphatic rings. The Labute approximate surface area is 118 Å². The van der Waals surface area contributed by atoms with E-state index in [2.05, 4.69) is 62.2 Å². The first-order valence-electron chi connectivity index (χ1n) is 7.66. The number of nitrogens with zero attached hydrogens (tertiary/aromatic N) is 1. The summed E-state index contributed by atoms with van der Waals surface area (Å²) in [5.41, 5.74) is 2.83. The Bertz CT molecular complexity index is 398. The van der Waals surface area contributed by atoms with Crippen LogP contribution in [-0.4, -0.2) is 25.7 Å². The molecule has 19 heavy (non-hydrogen) atoms. The van der Waals surface area contributed by atoms with Gasteiger partial charge in [0.1, 0.15) is 0 Å². The normalized spacial score (nSPS) is 20.9. The minimum atomic E-state index is 0.602. The van der Waals surface area contributed by atoms with Gasteiger partial charge in [0.15, 0.2) is 0 Å². The van der Waals surface area contributed by atoms with Crippen molar-refractivity contribution in [3.05, 3.63) is 29.8 Å². The fraction of sp³-hybridized carbons (Fsp3) is 0.647. The van der Waals surface area contributed by atoms with Crippen LogP contribution in [0, 0.1) is 5.92 Å². The number of rotatable bonds is 3. The summed E-state index contributed by atoms with van der Waals surface area (Å²) in [7, 11) is 0. The number of anilines is 1. The van der Waals surface area contributed by atoms with E-state index in [0.717, 1.165) is 19.6 Å². The molecule has 1 aromatic rings. The Kier molecular flexibility index (Phi) is 4.87. The van der Waals surface area contributed by atoms with Crippen molar-refractivity contribution in [3.63, 3.8) is 0 Å². The van der Waals surface area contributed by atoms with Crippen LogP contribution in [0.4, 0.5) is 5.69 Å². The minimum Gasteiger partial charge on any atom is -0.370 e. The third-order valence-electron chi connectivity index (χ3n) is 4.14. The van der Waals surface area contributed by atoms with E-state index in [4.69, 9.17) is 0 Å². The van der Waals surface area contributed by atoms with Gasteiger partial charge in [-0.1, -0.05) is 39.8 Å². The molecule has 0 radical (unpaired) electrons.